The molecule has 2 aliphatic heterocycles. The van der Waals surface area contributed by atoms with Crippen LogP contribution in [0.25, 0.3) is 0 Å². The Morgan fingerprint density at radius 2 is 1.72 bits per heavy atom. The average Bonchev–Trinajstić information content (AvgIpc) is 3.14. The van der Waals surface area contributed by atoms with E-state index in [1.165, 1.54) is 63.0 Å². The maximum atomic E-state index is 5.64. The lowest BCUT2D eigenvalue weighted by atomic mass is 9.93. The fourth-order valence-electron chi connectivity index (χ4n) is 4.42. The maximum absolute atomic E-state index is 5.64. The topological polar surface area (TPSA) is 24.9 Å². The smallest absolute Gasteiger partial charge is 0.231 e. The molecule has 3 aliphatic rings. The zero-order valence-corrected chi connectivity index (χ0v) is 16.8. The summed E-state index contributed by atoms with van der Waals surface area (Å²) in [6, 6.07) is 5.08. The van der Waals surface area contributed by atoms with E-state index in [0.29, 0.717) is 12.8 Å². The lowest BCUT2D eigenvalue weighted by Gasteiger charge is -2.39. The molecule has 4 rings (SSSR count). The second-order valence-corrected chi connectivity index (χ2v) is 7.29. The predicted octanol–water partition coefficient (Wildman–Crippen LogP) is 3.91. The minimum atomic E-state index is 0. The molecule has 1 aliphatic carbocycles. The standard InChI is InChI=1S/C19H28N2O2.2ClH/c1-3-4-5-14-10-15-11-17-18(23-13-22-17)12-16(15)19(14)21-8-6-20(2)7-9-21;;/h11-12,14,19H,3-10,13H2,1-2H3;2*1H. The number of fused-ring (bicyclic) bond motifs is 2. The van der Waals surface area contributed by atoms with Crippen molar-refractivity contribution in [1.29, 1.82) is 0 Å². The van der Waals surface area contributed by atoms with Crippen LogP contribution in [0.1, 0.15) is 43.4 Å². The van der Waals surface area contributed by atoms with Gasteiger partial charge in [0.15, 0.2) is 11.5 Å². The van der Waals surface area contributed by atoms with E-state index in [9.17, 15) is 0 Å². The maximum Gasteiger partial charge on any atom is 0.231 e. The quantitative estimate of drug-likeness (QED) is 0.780. The zero-order chi connectivity index (χ0) is 15.8. The van der Waals surface area contributed by atoms with Crippen LogP contribution in [-0.2, 0) is 6.42 Å². The molecule has 6 heteroatoms. The Balaban J connectivity index is 0.00000113. The molecular weight excluding hydrogens is 359 g/mol. The number of likely N-dealkylation sites (N-methyl/N-ethyl adjacent to an activating group) is 1. The van der Waals surface area contributed by atoms with Gasteiger partial charge in [0.1, 0.15) is 0 Å². The van der Waals surface area contributed by atoms with Crippen LogP contribution in [0.5, 0.6) is 11.5 Å². The Kier molecular flexibility index (Phi) is 7.27. The number of rotatable bonds is 4. The average molecular weight is 389 g/mol. The van der Waals surface area contributed by atoms with Gasteiger partial charge < -0.3 is 14.4 Å². The van der Waals surface area contributed by atoms with Crippen LogP contribution in [0.4, 0.5) is 0 Å². The number of halogens is 2. The van der Waals surface area contributed by atoms with E-state index < -0.39 is 0 Å². The Morgan fingerprint density at radius 1 is 1.04 bits per heavy atom. The molecule has 2 heterocycles. The van der Waals surface area contributed by atoms with E-state index in [4.69, 9.17) is 9.47 Å². The van der Waals surface area contributed by atoms with Gasteiger partial charge in [-0.25, -0.2) is 0 Å². The Hall–Kier alpha value is -0.680. The number of piperazine rings is 1. The van der Waals surface area contributed by atoms with Crippen molar-refractivity contribution < 1.29 is 9.47 Å². The van der Waals surface area contributed by atoms with Crippen LogP contribution in [0.15, 0.2) is 12.1 Å². The minimum absolute atomic E-state index is 0. The molecular formula is C19H30Cl2N2O2. The third kappa shape index (κ3) is 4.02. The summed E-state index contributed by atoms with van der Waals surface area (Å²) in [6.45, 7) is 7.38. The minimum Gasteiger partial charge on any atom is -0.454 e. The summed E-state index contributed by atoms with van der Waals surface area (Å²) in [7, 11) is 2.23. The highest BCUT2D eigenvalue weighted by Crippen LogP contribution is 2.47. The van der Waals surface area contributed by atoms with Crippen molar-refractivity contribution in [2.24, 2.45) is 5.92 Å². The van der Waals surface area contributed by atoms with E-state index in [2.05, 4.69) is 35.9 Å². The van der Waals surface area contributed by atoms with Gasteiger partial charge in [-0.2, -0.15) is 0 Å². The molecule has 1 aromatic carbocycles. The predicted molar refractivity (Wildman–Crippen MR) is 106 cm³/mol. The molecule has 0 amide bonds. The molecule has 1 fully saturated rings. The summed E-state index contributed by atoms with van der Waals surface area (Å²) in [4.78, 5) is 5.15. The summed E-state index contributed by atoms with van der Waals surface area (Å²) >= 11 is 0. The number of hydrogen-bond acceptors (Lipinski definition) is 4. The summed E-state index contributed by atoms with van der Waals surface area (Å²) in [5.41, 5.74) is 2.99. The molecule has 1 saturated heterocycles. The van der Waals surface area contributed by atoms with Crippen LogP contribution in [-0.4, -0.2) is 49.8 Å². The van der Waals surface area contributed by atoms with Gasteiger partial charge in [0.2, 0.25) is 6.79 Å². The lowest BCUT2D eigenvalue weighted by molar-refractivity contribution is 0.0837. The summed E-state index contributed by atoms with van der Waals surface area (Å²) in [5.74, 6) is 2.63. The van der Waals surface area contributed by atoms with E-state index in [0.717, 1.165) is 17.4 Å². The van der Waals surface area contributed by atoms with Crippen molar-refractivity contribution in [3.05, 3.63) is 23.3 Å². The van der Waals surface area contributed by atoms with Gasteiger partial charge in [0.05, 0.1) is 0 Å². The zero-order valence-electron chi connectivity index (χ0n) is 15.2. The summed E-state index contributed by atoms with van der Waals surface area (Å²) in [6.07, 6.45) is 5.14. The van der Waals surface area contributed by atoms with Gasteiger partial charge in [-0.15, -0.1) is 24.8 Å². The highest BCUT2D eigenvalue weighted by atomic mass is 35.5. The molecule has 4 nitrogen and oxygen atoms in total. The van der Waals surface area contributed by atoms with Crippen LogP contribution < -0.4 is 9.47 Å². The Bertz CT molecular complexity index is 577. The van der Waals surface area contributed by atoms with Crippen molar-refractivity contribution in [3.63, 3.8) is 0 Å². The monoisotopic (exact) mass is 388 g/mol. The SMILES string of the molecule is CCCCC1Cc2cc3c(cc2C1N1CCN(C)CC1)OCO3.Cl.Cl. The molecule has 0 aromatic heterocycles. The van der Waals surface area contributed by atoms with Crippen molar-refractivity contribution >= 4 is 24.8 Å². The lowest BCUT2D eigenvalue weighted by Crippen LogP contribution is -2.46. The largest absolute Gasteiger partial charge is 0.454 e. The molecule has 0 radical (unpaired) electrons. The number of benzene rings is 1. The van der Waals surface area contributed by atoms with Gasteiger partial charge in [-0.3, -0.25) is 4.90 Å². The van der Waals surface area contributed by atoms with Crippen LogP contribution in [0.2, 0.25) is 0 Å². The first kappa shape index (κ1) is 20.6. The van der Waals surface area contributed by atoms with E-state index in [-0.39, 0.29) is 24.8 Å². The van der Waals surface area contributed by atoms with Gasteiger partial charge >= 0.3 is 0 Å². The van der Waals surface area contributed by atoms with Crippen LogP contribution >= 0.6 is 24.8 Å². The Morgan fingerprint density at radius 3 is 2.40 bits per heavy atom. The normalized spacial score (nSPS) is 25.2. The van der Waals surface area contributed by atoms with E-state index in [1.807, 2.05) is 0 Å². The first-order chi connectivity index (χ1) is 11.3. The second-order valence-electron chi connectivity index (χ2n) is 7.29. The van der Waals surface area contributed by atoms with Gasteiger partial charge in [-0.1, -0.05) is 19.8 Å². The molecule has 0 N–H and O–H groups in total. The first-order valence-electron chi connectivity index (χ1n) is 9.11. The molecule has 25 heavy (non-hydrogen) atoms. The van der Waals surface area contributed by atoms with Crippen molar-refractivity contribution in [1.82, 2.24) is 9.80 Å². The van der Waals surface area contributed by atoms with Gasteiger partial charge in [-0.05, 0) is 49.1 Å². The third-order valence-corrected chi connectivity index (χ3v) is 5.74. The van der Waals surface area contributed by atoms with E-state index >= 15 is 0 Å². The fourth-order valence-corrected chi connectivity index (χ4v) is 4.42. The molecule has 0 saturated carbocycles. The highest BCUT2D eigenvalue weighted by Gasteiger charge is 2.38. The summed E-state index contributed by atoms with van der Waals surface area (Å²) in [5, 5.41) is 0. The van der Waals surface area contributed by atoms with Crippen molar-refractivity contribution in [2.75, 3.05) is 40.0 Å². The second kappa shape index (κ2) is 8.81. The van der Waals surface area contributed by atoms with Crippen LogP contribution in [0, 0.1) is 5.92 Å². The number of hydrogen-bond donors (Lipinski definition) is 0. The molecule has 0 spiro atoms. The number of ether oxygens (including phenoxy) is 2. The fraction of sp³-hybridized carbons (Fsp3) is 0.684. The molecule has 1 aromatic rings. The molecule has 0 bridgehead atoms. The van der Waals surface area contributed by atoms with E-state index in [1.54, 1.807) is 0 Å². The highest BCUT2D eigenvalue weighted by molar-refractivity contribution is 5.85. The molecule has 142 valence electrons. The van der Waals surface area contributed by atoms with Crippen molar-refractivity contribution in [2.45, 2.75) is 38.6 Å². The summed E-state index contributed by atoms with van der Waals surface area (Å²) < 4.78 is 11.2. The molecule has 2 unspecified atom stereocenters. The van der Waals surface area contributed by atoms with Gasteiger partial charge in [0.25, 0.3) is 0 Å². The first-order valence-corrected chi connectivity index (χ1v) is 9.11. The third-order valence-electron chi connectivity index (χ3n) is 5.74. The Labute approximate surface area is 163 Å². The van der Waals surface area contributed by atoms with Crippen molar-refractivity contribution in [3.8, 4) is 11.5 Å². The number of unbranched alkanes of at least 4 members (excludes halogenated alkanes) is 1. The molecule has 2 atom stereocenters. The number of nitrogens with zero attached hydrogens (tertiary/aromatic N) is 2. The van der Waals surface area contributed by atoms with Crippen LogP contribution in [0.3, 0.4) is 0 Å². The van der Waals surface area contributed by atoms with Gasteiger partial charge in [0, 0.05) is 32.2 Å².